The zero-order chi connectivity index (χ0) is 10.4. The van der Waals surface area contributed by atoms with Gasteiger partial charge in [-0.1, -0.05) is 44.8 Å². The molecule has 1 aliphatic rings. The van der Waals surface area contributed by atoms with Crippen molar-refractivity contribution in [3.8, 4) is 0 Å². The van der Waals surface area contributed by atoms with E-state index in [1.807, 2.05) is 19.9 Å². The van der Waals surface area contributed by atoms with Crippen LogP contribution in [0.2, 0.25) is 0 Å². The van der Waals surface area contributed by atoms with Gasteiger partial charge in [-0.3, -0.25) is 0 Å². The number of hydrogen-bond donors (Lipinski definition) is 1. The highest BCUT2D eigenvalue weighted by Crippen LogP contribution is 2.34. The minimum Gasteiger partial charge on any atom is -0.371 e. The van der Waals surface area contributed by atoms with Crippen LogP contribution in [0.3, 0.4) is 0 Å². The monoisotopic (exact) mass is 261 g/mol. The van der Waals surface area contributed by atoms with Crippen molar-refractivity contribution in [3.63, 3.8) is 0 Å². The summed E-state index contributed by atoms with van der Waals surface area (Å²) >= 11 is 5.10. The maximum atomic E-state index is 3.80. The minimum atomic E-state index is 0.423. The maximum absolute atomic E-state index is 3.80. The van der Waals surface area contributed by atoms with Gasteiger partial charge in [0.05, 0.1) is 11.1 Å². The summed E-state index contributed by atoms with van der Waals surface area (Å²) in [6.07, 6.45) is 1.85. The van der Waals surface area contributed by atoms with E-state index in [0.29, 0.717) is 5.37 Å². The van der Waals surface area contributed by atoms with Crippen molar-refractivity contribution in [3.05, 3.63) is 34.3 Å². The van der Waals surface area contributed by atoms with E-state index in [1.165, 1.54) is 4.91 Å². The molecule has 1 heterocycles. The SMILES string of the molecule is C=CC1=C(C(=C)Br)NC(C)S1.CC. The molecular formula is C10H16BrNS. The largest absolute Gasteiger partial charge is 0.371 e. The predicted molar refractivity (Wildman–Crippen MR) is 66.8 cm³/mol. The second kappa shape index (κ2) is 6.33. The first kappa shape index (κ1) is 12.8. The van der Waals surface area contributed by atoms with Crippen LogP contribution in [0.1, 0.15) is 20.8 Å². The first-order valence-electron chi connectivity index (χ1n) is 4.30. The van der Waals surface area contributed by atoms with Crippen molar-refractivity contribution in [2.24, 2.45) is 0 Å². The van der Waals surface area contributed by atoms with Gasteiger partial charge in [-0.05, 0) is 22.9 Å². The van der Waals surface area contributed by atoms with Gasteiger partial charge in [0.1, 0.15) is 0 Å². The molecule has 1 nitrogen and oxygen atoms in total. The third-order valence-corrected chi connectivity index (χ3v) is 2.85. The van der Waals surface area contributed by atoms with Crippen molar-refractivity contribution in [1.29, 1.82) is 0 Å². The highest BCUT2D eigenvalue weighted by atomic mass is 79.9. The average Bonchev–Trinajstić information content (AvgIpc) is 2.50. The fourth-order valence-corrected chi connectivity index (χ4v) is 2.33. The van der Waals surface area contributed by atoms with Crippen molar-refractivity contribution in [1.82, 2.24) is 5.32 Å². The Labute approximate surface area is 93.5 Å². The molecule has 0 aromatic heterocycles. The molecule has 1 atom stereocenters. The summed E-state index contributed by atoms with van der Waals surface area (Å²) in [6, 6.07) is 0. The molecule has 0 saturated heterocycles. The first-order chi connectivity index (χ1) is 6.15. The summed E-state index contributed by atoms with van der Waals surface area (Å²) in [6.45, 7) is 13.6. The summed E-state index contributed by atoms with van der Waals surface area (Å²) in [7, 11) is 0. The van der Waals surface area contributed by atoms with E-state index in [4.69, 9.17) is 0 Å². The van der Waals surface area contributed by atoms with Gasteiger partial charge < -0.3 is 5.32 Å². The van der Waals surface area contributed by atoms with E-state index in [1.54, 1.807) is 11.8 Å². The molecule has 0 radical (unpaired) electrons. The van der Waals surface area contributed by atoms with Gasteiger partial charge in [-0.25, -0.2) is 0 Å². The van der Waals surface area contributed by atoms with Gasteiger partial charge >= 0.3 is 0 Å². The number of halogens is 1. The molecule has 3 heteroatoms. The molecule has 0 aromatic carbocycles. The standard InChI is InChI=1S/C8H10BrNS.C2H6/c1-4-7-8(5(2)9)10-6(3)11-7;1-2/h4,6,10H,1-2H2,3H3;1-2H3. The van der Waals surface area contributed by atoms with E-state index < -0.39 is 0 Å². The molecule has 0 fully saturated rings. The van der Waals surface area contributed by atoms with Crippen LogP contribution in [0.4, 0.5) is 0 Å². The third-order valence-electron chi connectivity index (χ3n) is 1.35. The van der Waals surface area contributed by atoms with Crippen LogP contribution >= 0.6 is 27.7 Å². The van der Waals surface area contributed by atoms with Crippen LogP contribution in [0.5, 0.6) is 0 Å². The van der Waals surface area contributed by atoms with Gasteiger partial charge in [0, 0.05) is 9.39 Å². The van der Waals surface area contributed by atoms with Crippen molar-refractivity contribution in [2.75, 3.05) is 0 Å². The molecule has 1 aliphatic heterocycles. The van der Waals surface area contributed by atoms with Gasteiger partial charge in [0.15, 0.2) is 0 Å². The Morgan fingerprint density at radius 1 is 1.62 bits per heavy atom. The minimum absolute atomic E-state index is 0.423. The number of allylic oxidation sites excluding steroid dienone is 2. The topological polar surface area (TPSA) is 12.0 Å². The fraction of sp³-hybridized carbons (Fsp3) is 0.400. The van der Waals surface area contributed by atoms with Crippen molar-refractivity contribution < 1.29 is 0 Å². The predicted octanol–water partition coefficient (Wildman–Crippen LogP) is 4.00. The van der Waals surface area contributed by atoms with Crippen molar-refractivity contribution in [2.45, 2.75) is 26.1 Å². The summed E-state index contributed by atoms with van der Waals surface area (Å²) in [4.78, 5) is 1.17. The Balaban J connectivity index is 0.000000671. The molecule has 0 amide bonds. The first-order valence-corrected chi connectivity index (χ1v) is 5.97. The van der Waals surface area contributed by atoms with Gasteiger partial charge in [-0.2, -0.15) is 0 Å². The zero-order valence-corrected chi connectivity index (χ0v) is 10.8. The number of hydrogen-bond acceptors (Lipinski definition) is 2. The molecule has 1 N–H and O–H groups in total. The number of nitrogens with one attached hydrogen (secondary N) is 1. The normalized spacial score (nSPS) is 20.2. The second-order valence-corrected chi connectivity index (χ2v) is 4.59. The Kier molecular flexibility index (Phi) is 6.25. The van der Waals surface area contributed by atoms with Crippen LogP contribution in [0, 0.1) is 0 Å². The maximum Gasteiger partial charge on any atom is 0.0742 e. The third kappa shape index (κ3) is 3.61. The fourth-order valence-electron chi connectivity index (χ4n) is 0.915. The molecule has 1 unspecified atom stereocenters. The van der Waals surface area contributed by atoms with Crippen LogP contribution < -0.4 is 5.32 Å². The van der Waals surface area contributed by atoms with Crippen molar-refractivity contribution >= 4 is 27.7 Å². The van der Waals surface area contributed by atoms with Crippen LogP contribution in [-0.2, 0) is 0 Å². The lowest BCUT2D eigenvalue weighted by atomic mass is 10.4. The summed E-state index contributed by atoms with van der Waals surface area (Å²) in [5.74, 6) is 0. The molecule has 0 aromatic rings. The average molecular weight is 262 g/mol. The molecule has 0 saturated carbocycles. The van der Waals surface area contributed by atoms with Gasteiger partial charge in [0.2, 0.25) is 0 Å². The second-order valence-electron chi connectivity index (χ2n) is 2.25. The molecule has 0 aliphatic carbocycles. The van der Waals surface area contributed by atoms with E-state index >= 15 is 0 Å². The molecule has 0 bridgehead atoms. The van der Waals surface area contributed by atoms with Crippen LogP contribution in [-0.4, -0.2) is 5.37 Å². The lowest BCUT2D eigenvalue weighted by Crippen LogP contribution is -2.15. The number of rotatable bonds is 2. The van der Waals surface area contributed by atoms with Crippen LogP contribution in [0.15, 0.2) is 34.3 Å². The van der Waals surface area contributed by atoms with Gasteiger partial charge in [-0.15, -0.1) is 0 Å². The summed E-state index contributed by atoms with van der Waals surface area (Å²) in [5.41, 5.74) is 1.07. The van der Waals surface area contributed by atoms with E-state index in [9.17, 15) is 0 Å². The van der Waals surface area contributed by atoms with E-state index in [-0.39, 0.29) is 0 Å². The zero-order valence-electron chi connectivity index (χ0n) is 8.36. The quantitative estimate of drug-likeness (QED) is 0.807. The molecule has 1 rings (SSSR count). The molecule has 13 heavy (non-hydrogen) atoms. The Bertz CT molecular complexity index is 233. The van der Waals surface area contributed by atoms with E-state index in [2.05, 4.69) is 41.3 Å². The smallest absolute Gasteiger partial charge is 0.0742 e. The Morgan fingerprint density at radius 2 is 2.15 bits per heavy atom. The Hall–Kier alpha value is -0.150. The lowest BCUT2D eigenvalue weighted by Gasteiger charge is -2.04. The lowest BCUT2D eigenvalue weighted by molar-refractivity contribution is 0.838. The highest BCUT2D eigenvalue weighted by Gasteiger charge is 2.18. The molecule has 0 spiro atoms. The molecule has 74 valence electrons. The Morgan fingerprint density at radius 3 is 2.46 bits per heavy atom. The van der Waals surface area contributed by atoms with Gasteiger partial charge in [0.25, 0.3) is 0 Å². The summed E-state index contributed by atoms with van der Waals surface area (Å²) < 4.78 is 0.893. The molecular weight excluding hydrogens is 246 g/mol. The summed E-state index contributed by atoms with van der Waals surface area (Å²) in [5, 5.41) is 3.70. The van der Waals surface area contributed by atoms with E-state index in [0.717, 1.165) is 10.2 Å². The highest BCUT2D eigenvalue weighted by molar-refractivity contribution is 9.11. The number of thioether (sulfide) groups is 1. The van der Waals surface area contributed by atoms with Crippen LogP contribution in [0.25, 0.3) is 0 Å².